The topological polar surface area (TPSA) is 102 Å². The zero-order valence-electron chi connectivity index (χ0n) is 20.3. The van der Waals surface area contributed by atoms with Crippen LogP contribution in [0, 0.1) is 10.1 Å². The Morgan fingerprint density at radius 2 is 1.74 bits per heavy atom. The van der Waals surface area contributed by atoms with Crippen LogP contribution in [0.15, 0.2) is 48.5 Å². The van der Waals surface area contributed by atoms with Crippen LogP contribution in [0.3, 0.4) is 0 Å². The van der Waals surface area contributed by atoms with E-state index in [0.717, 1.165) is 42.6 Å². The summed E-state index contributed by atoms with van der Waals surface area (Å²) in [6.07, 6.45) is 4.73. The lowest BCUT2D eigenvalue weighted by atomic mass is 10.1. The molecule has 2 aromatic carbocycles. The molecule has 0 bridgehead atoms. The average Bonchev–Trinajstić information content (AvgIpc) is 3.37. The summed E-state index contributed by atoms with van der Waals surface area (Å²) in [5.41, 5.74) is 1.87. The van der Waals surface area contributed by atoms with Crippen LogP contribution in [0.4, 0.5) is 5.69 Å². The van der Waals surface area contributed by atoms with Gasteiger partial charge in [-0.15, -0.1) is 11.8 Å². The summed E-state index contributed by atoms with van der Waals surface area (Å²) in [4.78, 5) is 38.6. The summed E-state index contributed by atoms with van der Waals surface area (Å²) < 4.78 is 5.23. The second kappa shape index (κ2) is 13.1. The molecule has 1 aliphatic rings. The molecule has 1 saturated carbocycles. The summed E-state index contributed by atoms with van der Waals surface area (Å²) in [7, 11) is 1.60. The van der Waals surface area contributed by atoms with Gasteiger partial charge in [0.25, 0.3) is 5.69 Å². The van der Waals surface area contributed by atoms with Gasteiger partial charge < -0.3 is 15.0 Å². The number of amides is 2. The molecular weight excluding hydrogens is 466 g/mol. The Bertz CT molecular complexity index is 991. The van der Waals surface area contributed by atoms with Crippen molar-refractivity contribution in [2.45, 2.75) is 63.4 Å². The second-order valence-electron chi connectivity index (χ2n) is 8.70. The summed E-state index contributed by atoms with van der Waals surface area (Å²) in [5.74, 6) is 1.28. The zero-order chi connectivity index (χ0) is 25.2. The maximum atomic E-state index is 13.4. The number of thioether (sulfide) groups is 1. The maximum absolute atomic E-state index is 13.4. The third kappa shape index (κ3) is 7.71. The number of carbonyl (C=O) groups excluding carboxylic acids is 2. The van der Waals surface area contributed by atoms with E-state index in [4.69, 9.17) is 4.74 Å². The molecule has 0 spiro atoms. The number of benzene rings is 2. The molecule has 9 heteroatoms. The first-order valence-corrected chi connectivity index (χ1v) is 13.1. The molecule has 2 aromatic rings. The van der Waals surface area contributed by atoms with Crippen molar-refractivity contribution in [3.05, 3.63) is 69.8 Å². The summed E-state index contributed by atoms with van der Waals surface area (Å²) >= 11 is 1.43. The van der Waals surface area contributed by atoms with Gasteiger partial charge in [0.05, 0.1) is 17.8 Å². The van der Waals surface area contributed by atoms with Crippen molar-refractivity contribution in [2.75, 3.05) is 12.9 Å². The smallest absolute Gasteiger partial charge is 0.269 e. The molecule has 0 heterocycles. The third-order valence-electron chi connectivity index (χ3n) is 6.24. The predicted octanol–water partition coefficient (Wildman–Crippen LogP) is 4.70. The number of carbonyl (C=O) groups is 2. The third-order valence-corrected chi connectivity index (χ3v) is 7.23. The highest BCUT2D eigenvalue weighted by Gasteiger charge is 2.30. The van der Waals surface area contributed by atoms with Crippen molar-refractivity contribution in [1.29, 1.82) is 0 Å². The molecule has 1 fully saturated rings. The van der Waals surface area contributed by atoms with E-state index in [-0.39, 0.29) is 29.3 Å². The fraction of sp³-hybridized carbons (Fsp3) is 0.462. The normalized spacial score (nSPS) is 14.3. The molecule has 0 aliphatic heterocycles. The number of methoxy groups -OCH3 is 1. The number of nitrogens with zero attached hydrogens (tertiary/aromatic N) is 2. The van der Waals surface area contributed by atoms with Crippen LogP contribution in [0.5, 0.6) is 5.75 Å². The minimum absolute atomic E-state index is 0.0413. The number of non-ortho nitro benzene ring substituents is 1. The minimum atomic E-state index is -0.551. The Morgan fingerprint density at radius 3 is 2.31 bits per heavy atom. The van der Waals surface area contributed by atoms with E-state index in [1.165, 1.54) is 23.9 Å². The van der Waals surface area contributed by atoms with E-state index >= 15 is 0 Å². The number of ether oxygens (including phenoxy) is 1. The first kappa shape index (κ1) is 26.5. The van der Waals surface area contributed by atoms with Gasteiger partial charge in [0.15, 0.2) is 0 Å². The van der Waals surface area contributed by atoms with E-state index in [9.17, 15) is 19.7 Å². The largest absolute Gasteiger partial charge is 0.497 e. The number of hydrogen-bond acceptors (Lipinski definition) is 6. The Labute approximate surface area is 210 Å². The first-order chi connectivity index (χ1) is 16.9. The van der Waals surface area contributed by atoms with Crippen LogP contribution < -0.4 is 10.1 Å². The number of nitrogens with one attached hydrogen (secondary N) is 1. The lowest BCUT2D eigenvalue weighted by molar-refractivity contribution is -0.384. The maximum Gasteiger partial charge on any atom is 0.269 e. The van der Waals surface area contributed by atoms with Gasteiger partial charge in [0.2, 0.25) is 11.8 Å². The summed E-state index contributed by atoms with van der Waals surface area (Å²) in [6, 6.07) is 13.5. The quantitative estimate of drug-likeness (QED) is 0.335. The Hall–Kier alpha value is -3.07. The van der Waals surface area contributed by atoms with Crippen LogP contribution >= 0.6 is 11.8 Å². The van der Waals surface area contributed by atoms with Crippen LogP contribution in [-0.4, -0.2) is 46.6 Å². The molecule has 0 aromatic heterocycles. The van der Waals surface area contributed by atoms with Crippen molar-refractivity contribution in [3.8, 4) is 5.75 Å². The molecular formula is C26H33N3O5S. The monoisotopic (exact) mass is 499 g/mol. The van der Waals surface area contributed by atoms with Gasteiger partial charge in [-0.05, 0) is 42.5 Å². The highest BCUT2D eigenvalue weighted by Crippen LogP contribution is 2.22. The van der Waals surface area contributed by atoms with Crippen LogP contribution in [-0.2, 0) is 21.9 Å². The molecule has 3 rings (SSSR count). The van der Waals surface area contributed by atoms with E-state index in [0.29, 0.717) is 18.7 Å². The summed E-state index contributed by atoms with van der Waals surface area (Å²) in [5, 5.41) is 14.0. The van der Waals surface area contributed by atoms with Crippen molar-refractivity contribution in [3.63, 3.8) is 0 Å². The van der Waals surface area contributed by atoms with Gasteiger partial charge >= 0.3 is 0 Å². The Balaban J connectivity index is 1.68. The van der Waals surface area contributed by atoms with E-state index in [1.807, 2.05) is 31.2 Å². The molecule has 2 amide bonds. The number of nitro groups is 1. The molecule has 0 unspecified atom stereocenters. The number of rotatable bonds is 12. The minimum Gasteiger partial charge on any atom is -0.497 e. The van der Waals surface area contributed by atoms with E-state index in [2.05, 4.69) is 5.32 Å². The fourth-order valence-corrected chi connectivity index (χ4v) is 5.14. The highest BCUT2D eigenvalue weighted by molar-refractivity contribution is 7.99. The lowest BCUT2D eigenvalue weighted by Crippen LogP contribution is -2.51. The van der Waals surface area contributed by atoms with Gasteiger partial charge in [-0.2, -0.15) is 0 Å². The van der Waals surface area contributed by atoms with Crippen LogP contribution in [0.25, 0.3) is 0 Å². The van der Waals surface area contributed by atoms with Gasteiger partial charge in [-0.25, -0.2) is 0 Å². The fourth-order valence-electron chi connectivity index (χ4n) is 4.27. The molecule has 35 heavy (non-hydrogen) atoms. The molecule has 1 aliphatic carbocycles. The number of hydrogen-bond donors (Lipinski definition) is 1. The molecule has 0 radical (unpaired) electrons. The molecule has 188 valence electrons. The molecule has 1 N–H and O–H groups in total. The second-order valence-corrected chi connectivity index (χ2v) is 9.69. The SMILES string of the molecule is CC[C@H](C(=O)NC1CCCC1)N(Cc1ccc(OC)cc1)C(=O)CSCc1ccc([N+](=O)[O-])cc1. The zero-order valence-corrected chi connectivity index (χ0v) is 21.1. The van der Waals surface area contributed by atoms with Crippen molar-refractivity contribution in [2.24, 2.45) is 0 Å². The van der Waals surface area contributed by atoms with E-state index < -0.39 is 11.0 Å². The molecule has 8 nitrogen and oxygen atoms in total. The van der Waals surface area contributed by atoms with Gasteiger partial charge in [0, 0.05) is 30.5 Å². The van der Waals surface area contributed by atoms with Crippen molar-refractivity contribution < 1.29 is 19.2 Å². The van der Waals surface area contributed by atoms with Crippen molar-refractivity contribution >= 4 is 29.3 Å². The Morgan fingerprint density at radius 1 is 1.11 bits per heavy atom. The van der Waals surface area contributed by atoms with Gasteiger partial charge in [0.1, 0.15) is 11.8 Å². The van der Waals surface area contributed by atoms with Crippen LogP contribution in [0.1, 0.15) is 50.2 Å². The van der Waals surface area contributed by atoms with Gasteiger partial charge in [-0.3, -0.25) is 19.7 Å². The highest BCUT2D eigenvalue weighted by atomic mass is 32.2. The number of nitro benzene ring substituents is 1. The standard InChI is InChI=1S/C26H33N3O5S/c1-3-24(26(31)27-21-6-4-5-7-21)28(16-19-10-14-23(34-2)15-11-19)25(30)18-35-17-20-8-12-22(13-9-20)29(32)33/h8-15,21,24H,3-7,16-18H2,1-2H3,(H,27,31)/t24-/m1/s1. The van der Waals surface area contributed by atoms with Gasteiger partial charge in [-0.1, -0.05) is 44.0 Å². The molecule has 1 atom stereocenters. The van der Waals surface area contributed by atoms with E-state index in [1.54, 1.807) is 24.1 Å². The summed E-state index contributed by atoms with van der Waals surface area (Å²) in [6.45, 7) is 2.26. The predicted molar refractivity (Wildman–Crippen MR) is 137 cm³/mol. The Kier molecular flexibility index (Phi) is 9.96. The lowest BCUT2D eigenvalue weighted by Gasteiger charge is -2.31. The average molecular weight is 500 g/mol. The van der Waals surface area contributed by atoms with Crippen LogP contribution in [0.2, 0.25) is 0 Å². The molecule has 0 saturated heterocycles. The first-order valence-electron chi connectivity index (χ1n) is 11.9. The van der Waals surface area contributed by atoms with Crippen molar-refractivity contribution in [1.82, 2.24) is 10.2 Å².